The van der Waals surface area contributed by atoms with E-state index in [2.05, 4.69) is 23.8 Å². The van der Waals surface area contributed by atoms with Crippen LogP contribution in [0.3, 0.4) is 0 Å². The summed E-state index contributed by atoms with van der Waals surface area (Å²) in [6.07, 6.45) is 1.47. The number of hydrogen-bond donors (Lipinski definition) is 2. The summed E-state index contributed by atoms with van der Waals surface area (Å²) < 4.78 is 0. The van der Waals surface area contributed by atoms with Crippen molar-refractivity contribution in [3.8, 4) is 0 Å². The molecule has 0 aliphatic heterocycles. The van der Waals surface area contributed by atoms with E-state index in [-0.39, 0.29) is 11.9 Å². The number of aromatic nitrogens is 2. The molecule has 0 fully saturated rings. The first kappa shape index (κ1) is 12.3. The smallest absolute Gasteiger partial charge is 0.131 e. The average Bonchev–Trinajstić information content (AvgIpc) is 2.17. The molecular weight excluding hydrogens is 210 g/mol. The van der Waals surface area contributed by atoms with E-state index in [1.807, 2.05) is 6.92 Å². The number of nitrogens with two attached hydrogens (primary N) is 1. The molecule has 0 aliphatic carbocycles. The second kappa shape index (κ2) is 5.32. The molecule has 84 valence electrons. The number of nitrogens with zero attached hydrogens (tertiary/aromatic N) is 2. The zero-order valence-corrected chi connectivity index (χ0v) is 10.1. The van der Waals surface area contributed by atoms with Gasteiger partial charge in [0.1, 0.15) is 17.2 Å². The van der Waals surface area contributed by atoms with Crippen molar-refractivity contribution >= 4 is 17.6 Å². The van der Waals surface area contributed by atoms with Crippen molar-refractivity contribution in [1.82, 2.24) is 9.97 Å². The lowest BCUT2D eigenvalue weighted by Crippen LogP contribution is -2.07. The number of thioether (sulfide) groups is 1. The number of nitrogen functional groups attached to an aromatic ring is 1. The minimum atomic E-state index is 0.122. The predicted octanol–water partition coefficient (Wildman–Crippen LogP) is 1.66. The number of aliphatic hydroxyl groups excluding tert-OH is 1. The quantitative estimate of drug-likeness (QED) is 0.604. The highest BCUT2D eigenvalue weighted by atomic mass is 32.2. The maximum absolute atomic E-state index is 9.00. The molecule has 15 heavy (non-hydrogen) atoms. The Bertz CT molecular complexity index is 330. The van der Waals surface area contributed by atoms with Gasteiger partial charge in [0.25, 0.3) is 0 Å². The summed E-state index contributed by atoms with van der Waals surface area (Å²) in [5.41, 5.74) is 6.79. The van der Waals surface area contributed by atoms with E-state index in [1.165, 1.54) is 18.1 Å². The SMILES string of the molecule is CC(CO)Sc1ncnc(N)c1C(C)C. The third-order valence-corrected chi connectivity index (χ3v) is 3.13. The second-order valence-corrected chi connectivity index (χ2v) is 5.17. The van der Waals surface area contributed by atoms with Gasteiger partial charge in [0, 0.05) is 10.8 Å². The lowest BCUT2D eigenvalue weighted by Gasteiger charge is -2.14. The fourth-order valence-corrected chi connectivity index (χ4v) is 2.29. The van der Waals surface area contributed by atoms with Crippen molar-refractivity contribution in [2.75, 3.05) is 12.3 Å². The molecule has 1 aromatic rings. The van der Waals surface area contributed by atoms with E-state index in [0.29, 0.717) is 11.7 Å². The van der Waals surface area contributed by atoms with Crippen LogP contribution in [0.25, 0.3) is 0 Å². The molecule has 0 bridgehead atoms. The Morgan fingerprint density at radius 1 is 1.40 bits per heavy atom. The van der Waals surface area contributed by atoms with Crippen LogP contribution in [0.1, 0.15) is 32.3 Å². The van der Waals surface area contributed by atoms with Crippen molar-refractivity contribution < 1.29 is 5.11 Å². The van der Waals surface area contributed by atoms with E-state index in [9.17, 15) is 0 Å². The first-order valence-corrected chi connectivity index (χ1v) is 5.82. The number of anilines is 1. The Balaban J connectivity index is 3.00. The lowest BCUT2D eigenvalue weighted by molar-refractivity contribution is 0.300. The molecule has 0 spiro atoms. The van der Waals surface area contributed by atoms with E-state index >= 15 is 0 Å². The molecule has 1 heterocycles. The molecule has 1 aromatic heterocycles. The van der Waals surface area contributed by atoms with Gasteiger partial charge in [-0.15, -0.1) is 11.8 Å². The Morgan fingerprint density at radius 2 is 2.07 bits per heavy atom. The van der Waals surface area contributed by atoms with Crippen molar-refractivity contribution in [2.24, 2.45) is 0 Å². The highest BCUT2D eigenvalue weighted by molar-refractivity contribution is 7.99. The number of rotatable bonds is 4. The maximum Gasteiger partial charge on any atom is 0.131 e. The van der Waals surface area contributed by atoms with Crippen LogP contribution in [0.2, 0.25) is 0 Å². The van der Waals surface area contributed by atoms with Gasteiger partial charge in [-0.05, 0) is 5.92 Å². The molecule has 0 saturated carbocycles. The minimum absolute atomic E-state index is 0.122. The molecule has 0 amide bonds. The molecule has 4 nitrogen and oxygen atoms in total. The monoisotopic (exact) mass is 227 g/mol. The Labute approximate surface area is 94.3 Å². The second-order valence-electron chi connectivity index (χ2n) is 3.74. The summed E-state index contributed by atoms with van der Waals surface area (Å²) in [5.74, 6) is 0.826. The Kier molecular flexibility index (Phi) is 4.35. The molecule has 0 saturated heterocycles. The highest BCUT2D eigenvalue weighted by Crippen LogP contribution is 2.31. The van der Waals surface area contributed by atoms with Crippen LogP contribution >= 0.6 is 11.8 Å². The highest BCUT2D eigenvalue weighted by Gasteiger charge is 2.15. The fourth-order valence-electron chi connectivity index (χ4n) is 1.26. The molecule has 1 unspecified atom stereocenters. The van der Waals surface area contributed by atoms with Gasteiger partial charge in [0.05, 0.1) is 6.61 Å². The van der Waals surface area contributed by atoms with Crippen LogP contribution < -0.4 is 5.73 Å². The van der Waals surface area contributed by atoms with Crippen LogP contribution in [0, 0.1) is 0 Å². The van der Waals surface area contributed by atoms with Gasteiger partial charge in [-0.25, -0.2) is 9.97 Å². The van der Waals surface area contributed by atoms with Crippen molar-refractivity contribution in [1.29, 1.82) is 0 Å². The van der Waals surface area contributed by atoms with Gasteiger partial charge in [0.15, 0.2) is 0 Å². The summed E-state index contributed by atoms with van der Waals surface area (Å²) >= 11 is 1.53. The summed E-state index contributed by atoms with van der Waals surface area (Å²) in [5, 5.41) is 10.00. The molecule has 5 heteroatoms. The third kappa shape index (κ3) is 3.07. The van der Waals surface area contributed by atoms with Gasteiger partial charge >= 0.3 is 0 Å². The van der Waals surface area contributed by atoms with E-state index in [4.69, 9.17) is 10.8 Å². The maximum atomic E-state index is 9.00. The van der Waals surface area contributed by atoms with Gasteiger partial charge in [-0.3, -0.25) is 0 Å². The van der Waals surface area contributed by atoms with E-state index < -0.39 is 0 Å². The van der Waals surface area contributed by atoms with Crippen molar-refractivity contribution in [3.05, 3.63) is 11.9 Å². The Morgan fingerprint density at radius 3 is 2.60 bits per heavy atom. The minimum Gasteiger partial charge on any atom is -0.395 e. The first-order chi connectivity index (χ1) is 7.06. The fraction of sp³-hybridized carbons (Fsp3) is 0.600. The number of hydrogen-bond acceptors (Lipinski definition) is 5. The van der Waals surface area contributed by atoms with E-state index in [1.54, 1.807) is 0 Å². The molecular formula is C10H17N3OS. The normalized spacial score (nSPS) is 13.1. The standard InChI is InChI=1S/C10H17N3OS/c1-6(2)8-9(11)12-5-13-10(8)15-7(3)4-14/h5-7,14H,4H2,1-3H3,(H2,11,12,13). The largest absolute Gasteiger partial charge is 0.395 e. The van der Waals surface area contributed by atoms with Gasteiger partial charge in [-0.1, -0.05) is 20.8 Å². The molecule has 1 rings (SSSR count). The molecule has 3 N–H and O–H groups in total. The summed E-state index contributed by atoms with van der Waals surface area (Å²) in [4.78, 5) is 8.19. The molecule has 0 aromatic carbocycles. The first-order valence-electron chi connectivity index (χ1n) is 4.94. The summed E-state index contributed by atoms with van der Waals surface area (Å²) in [6, 6.07) is 0. The van der Waals surface area contributed by atoms with Crippen LogP contribution in [0.5, 0.6) is 0 Å². The van der Waals surface area contributed by atoms with Gasteiger partial charge in [0.2, 0.25) is 0 Å². The predicted molar refractivity (Wildman–Crippen MR) is 62.9 cm³/mol. The zero-order valence-electron chi connectivity index (χ0n) is 9.27. The lowest BCUT2D eigenvalue weighted by atomic mass is 10.1. The van der Waals surface area contributed by atoms with Crippen LogP contribution in [-0.2, 0) is 0 Å². The van der Waals surface area contributed by atoms with Gasteiger partial charge in [-0.2, -0.15) is 0 Å². The average molecular weight is 227 g/mol. The van der Waals surface area contributed by atoms with Gasteiger partial charge < -0.3 is 10.8 Å². The Hall–Kier alpha value is -0.810. The van der Waals surface area contributed by atoms with E-state index in [0.717, 1.165) is 10.6 Å². The summed E-state index contributed by atoms with van der Waals surface area (Å²) in [6.45, 7) is 6.20. The van der Waals surface area contributed by atoms with Crippen molar-refractivity contribution in [2.45, 2.75) is 37.0 Å². The third-order valence-electron chi connectivity index (χ3n) is 2.03. The number of aliphatic hydroxyl groups is 1. The van der Waals surface area contributed by atoms with Crippen LogP contribution in [0.4, 0.5) is 5.82 Å². The molecule has 1 atom stereocenters. The van der Waals surface area contributed by atoms with Crippen LogP contribution in [0.15, 0.2) is 11.4 Å². The molecule has 0 radical (unpaired) electrons. The molecule has 0 aliphatic rings. The van der Waals surface area contributed by atoms with Crippen molar-refractivity contribution in [3.63, 3.8) is 0 Å². The zero-order chi connectivity index (χ0) is 11.4. The summed E-state index contributed by atoms with van der Waals surface area (Å²) in [7, 11) is 0. The topological polar surface area (TPSA) is 72.0 Å². The van der Waals surface area contributed by atoms with Crippen LogP contribution in [-0.4, -0.2) is 26.9 Å².